The van der Waals surface area contributed by atoms with E-state index in [1.807, 2.05) is 6.92 Å². The third-order valence-electron chi connectivity index (χ3n) is 2.17. The second kappa shape index (κ2) is 9.21. The molecule has 19 heavy (non-hydrogen) atoms. The predicted octanol–water partition coefficient (Wildman–Crippen LogP) is 0.766. The first-order valence-corrected chi connectivity index (χ1v) is 9.63. The Morgan fingerprint density at radius 1 is 0.947 bits per heavy atom. The Balaban J connectivity index is 4.06. The van der Waals surface area contributed by atoms with Crippen LogP contribution in [0.4, 0.5) is 0 Å². The summed E-state index contributed by atoms with van der Waals surface area (Å²) in [6, 6.07) is 0. The summed E-state index contributed by atoms with van der Waals surface area (Å²) < 4.78 is 27.0. The number of hydrogen-bond donors (Lipinski definition) is 4. The summed E-state index contributed by atoms with van der Waals surface area (Å²) in [4.78, 5) is 36.4. The molecular formula is C9H23NO7P2. The Hall–Kier alpha value is 0.220. The Labute approximate surface area is 113 Å². The molecule has 0 atom stereocenters. The van der Waals surface area contributed by atoms with Gasteiger partial charge in [-0.05, 0) is 12.8 Å². The molecule has 0 aromatic rings. The Morgan fingerprint density at radius 2 is 1.42 bits per heavy atom. The molecule has 0 fully saturated rings. The van der Waals surface area contributed by atoms with Crippen molar-refractivity contribution in [3.05, 3.63) is 0 Å². The van der Waals surface area contributed by atoms with Crippen molar-refractivity contribution in [3.63, 3.8) is 0 Å². The van der Waals surface area contributed by atoms with Gasteiger partial charge in [-0.2, -0.15) is 0 Å². The van der Waals surface area contributed by atoms with Gasteiger partial charge in [0.1, 0.15) is 12.6 Å². The summed E-state index contributed by atoms with van der Waals surface area (Å²) in [6.45, 7) is 3.22. The molecule has 0 aliphatic rings. The SMILES string of the molecule is CCCCOCCCN(CP(=O)(O)O)CP(=O)(O)O. The topological polar surface area (TPSA) is 128 Å². The molecule has 8 nitrogen and oxygen atoms in total. The lowest BCUT2D eigenvalue weighted by molar-refractivity contribution is 0.120. The van der Waals surface area contributed by atoms with Crippen LogP contribution in [-0.2, 0) is 13.9 Å². The highest BCUT2D eigenvalue weighted by Gasteiger charge is 2.25. The average molecular weight is 319 g/mol. The van der Waals surface area contributed by atoms with Crippen LogP contribution in [0.3, 0.4) is 0 Å². The summed E-state index contributed by atoms with van der Waals surface area (Å²) in [5, 5.41) is 0. The fraction of sp³-hybridized carbons (Fsp3) is 1.00. The smallest absolute Gasteiger partial charge is 0.339 e. The molecule has 116 valence electrons. The molecule has 0 bridgehead atoms. The van der Waals surface area contributed by atoms with Gasteiger partial charge < -0.3 is 24.3 Å². The van der Waals surface area contributed by atoms with Gasteiger partial charge in [0.05, 0.1) is 0 Å². The van der Waals surface area contributed by atoms with Crippen LogP contribution in [0.25, 0.3) is 0 Å². The van der Waals surface area contributed by atoms with Gasteiger partial charge in [-0.3, -0.25) is 14.0 Å². The van der Waals surface area contributed by atoms with Crippen LogP contribution in [0.5, 0.6) is 0 Å². The average Bonchev–Trinajstić information content (AvgIpc) is 2.18. The van der Waals surface area contributed by atoms with Crippen LogP contribution in [0.1, 0.15) is 26.2 Å². The lowest BCUT2D eigenvalue weighted by atomic mass is 10.3. The summed E-state index contributed by atoms with van der Waals surface area (Å²) in [5.74, 6) is 0. The van der Waals surface area contributed by atoms with Crippen molar-refractivity contribution < 1.29 is 33.4 Å². The minimum absolute atomic E-state index is 0.169. The molecule has 0 aromatic heterocycles. The molecule has 4 N–H and O–H groups in total. The van der Waals surface area contributed by atoms with Crippen LogP contribution in [-0.4, -0.2) is 56.8 Å². The third-order valence-corrected chi connectivity index (χ3v) is 3.71. The molecule has 0 saturated heterocycles. The molecular weight excluding hydrogens is 296 g/mol. The summed E-state index contributed by atoms with van der Waals surface area (Å²) in [7, 11) is -8.66. The maximum atomic E-state index is 10.9. The highest BCUT2D eigenvalue weighted by molar-refractivity contribution is 7.52. The lowest BCUT2D eigenvalue weighted by Crippen LogP contribution is -2.28. The van der Waals surface area contributed by atoms with E-state index in [-0.39, 0.29) is 6.54 Å². The molecule has 0 aliphatic heterocycles. The van der Waals surface area contributed by atoms with Crippen molar-refractivity contribution in [2.24, 2.45) is 0 Å². The maximum absolute atomic E-state index is 10.9. The minimum Gasteiger partial charge on any atom is -0.381 e. The largest absolute Gasteiger partial charge is 0.381 e. The van der Waals surface area contributed by atoms with Crippen molar-refractivity contribution in [3.8, 4) is 0 Å². The second-order valence-corrected chi connectivity index (χ2v) is 7.55. The van der Waals surface area contributed by atoms with Gasteiger partial charge in [-0.15, -0.1) is 0 Å². The normalized spacial score (nSPS) is 13.2. The van der Waals surface area contributed by atoms with Gasteiger partial charge in [0.15, 0.2) is 0 Å². The molecule has 0 rings (SSSR count). The molecule has 0 aromatic carbocycles. The van der Waals surface area contributed by atoms with E-state index in [1.165, 1.54) is 0 Å². The zero-order chi connectivity index (χ0) is 14.9. The third kappa shape index (κ3) is 14.4. The minimum atomic E-state index is -4.33. The van der Waals surface area contributed by atoms with Crippen molar-refractivity contribution >= 4 is 15.2 Å². The predicted molar refractivity (Wildman–Crippen MR) is 70.9 cm³/mol. The van der Waals surface area contributed by atoms with Crippen molar-refractivity contribution in [1.29, 1.82) is 0 Å². The number of ether oxygens (including phenoxy) is 1. The van der Waals surface area contributed by atoms with Gasteiger partial charge in [-0.25, -0.2) is 0 Å². The summed E-state index contributed by atoms with van der Waals surface area (Å²) >= 11 is 0. The van der Waals surface area contributed by atoms with E-state index in [9.17, 15) is 9.13 Å². The first-order valence-electron chi connectivity index (χ1n) is 6.03. The van der Waals surface area contributed by atoms with Gasteiger partial charge >= 0.3 is 15.2 Å². The molecule has 0 spiro atoms. The highest BCUT2D eigenvalue weighted by atomic mass is 31.2. The summed E-state index contributed by atoms with van der Waals surface area (Å²) in [6.07, 6.45) is 1.10. The van der Waals surface area contributed by atoms with E-state index in [0.717, 1.165) is 17.7 Å². The first kappa shape index (κ1) is 19.2. The Bertz CT molecular complexity index is 303. The zero-order valence-electron chi connectivity index (χ0n) is 11.0. The van der Waals surface area contributed by atoms with Crippen molar-refractivity contribution in [2.75, 3.05) is 32.3 Å². The Morgan fingerprint density at radius 3 is 1.84 bits per heavy atom. The van der Waals surface area contributed by atoms with Crippen LogP contribution in [0.15, 0.2) is 0 Å². The monoisotopic (exact) mass is 319 g/mol. The number of hydrogen-bond acceptors (Lipinski definition) is 4. The first-order chi connectivity index (χ1) is 8.64. The molecule has 0 amide bonds. The van der Waals surface area contributed by atoms with Crippen LogP contribution in [0.2, 0.25) is 0 Å². The molecule has 0 unspecified atom stereocenters. The number of unbranched alkanes of at least 4 members (excludes halogenated alkanes) is 1. The molecule has 0 heterocycles. The quantitative estimate of drug-likeness (QED) is 0.325. The van der Waals surface area contributed by atoms with E-state index >= 15 is 0 Å². The van der Waals surface area contributed by atoms with E-state index in [1.54, 1.807) is 0 Å². The van der Waals surface area contributed by atoms with Crippen LogP contribution in [0, 0.1) is 0 Å². The van der Waals surface area contributed by atoms with Gasteiger partial charge in [0.2, 0.25) is 0 Å². The van der Waals surface area contributed by atoms with Crippen LogP contribution >= 0.6 is 15.2 Å². The number of rotatable bonds is 11. The molecule has 0 radical (unpaired) electrons. The standard InChI is InChI=1S/C9H23NO7P2/c1-2-3-6-17-7-4-5-10(8-18(11,12)13)9-19(14,15)16/h2-9H2,1H3,(H2,11,12,13)(H2,14,15,16). The molecule has 10 heteroatoms. The fourth-order valence-electron chi connectivity index (χ4n) is 1.45. The number of nitrogens with zero attached hydrogens (tertiary/aromatic N) is 1. The van der Waals surface area contributed by atoms with E-state index in [4.69, 9.17) is 24.3 Å². The second-order valence-electron chi connectivity index (χ2n) is 4.33. The summed E-state index contributed by atoms with van der Waals surface area (Å²) in [5.41, 5.74) is 0. The Kier molecular flexibility index (Phi) is 9.32. The zero-order valence-corrected chi connectivity index (χ0v) is 12.8. The van der Waals surface area contributed by atoms with E-state index < -0.39 is 27.8 Å². The van der Waals surface area contributed by atoms with E-state index in [0.29, 0.717) is 19.6 Å². The van der Waals surface area contributed by atoms with Gasteiger partial charge in [0.25, 0.3) is 0 Å². The van der Waals surface area contributed by atoms with Gasteiger partial charge in [0, 0.05) is 19.8 Å². The molecule has 0 aliphatic carbocycles. The van der Waals surface area contributed by atoms with Crippen molar-refractivity contribution in [1.82, 2.24) is 4.90 Å². The van der Waals surface area contributed by atoms with Crippen molar-refractivity contribution in [2.45, 2.75) is 26.2 Å². The lowest BCUT2D eigenvalue weighted by Gasteiger charge is -2.22. The van der Waals surface area contributed by atoms with Gasteiger partial charge in [-0.1, -0.05) is 13.3 Å². The van der Waals surface area contributed by atoms with Crippen LogP contribution < -0.4 is 0 Å². The highest BCUT2D eigenvalue weighted by Crippen LogP contribution is 2.40. The van der Waals surface area contributed by atoms with E-state index in [2.05, 4.69) is 0 Å². The maximum Gasteiger partial charge on any atom is 0.339 e. The fourth-order valence-corrected chi connectivity index (χ4v) is 3.13. The molecule has 0 saturated carbocycles.